The lowest BCUT2D eigenvalue weighted by atomic mass is 9.74. The van der Waals surface area contributed by atoms with Crippen molar-refractivity contribution >= 4 is 16.8 Å². The molecule has 1 aliphatic rings. The van der Waals surface area contributed by atoms with Crippen molar-refractivity contribution in [3.8, 4) is 0 Å². The van der Waals surface area contributed by atoms with Crippen LogP contribution in [0.25, 0.3) is 10.9 Å². The van der Waals surface area contributed by atoms with Gasteiger partial charge in [-0.05, 0) is 38.0 Å². The van der Waals surface area contributed by atoms with Crippen molar-refractivity contribution in [1.82, 2.24) is 9.88 Å². The lowest BCUT2D eigenvalue weighted by Crippen LogP contribution is -2.55. The molecule has 0 radical (unpaired) electrons. The third kappa shape index (κ3) is 3.31. The average molecular weight is 360 g/mol. The number of rotatable bonds is 4. The van der Waals surface area contributed by atoms with E-state index in [1.54, 1.807) is 24.0 Å². The van der Waals surface area contributed by atoms with Crippen LogP contribution in [0.1, 0.15) is 42.2 Å². The average Bonchev–Trinajstić information content (AvgIpc) is 2.62. The van der Waals surface area contributed by atoms with E-state index < -0.39 is 17.3 Å². The number of fused-ring (bicyclic) bond motifs is 1. The van der Waals surface area contributed by atoms with Crippen LogP contribution in [0.2, 0.25) is 0 Å². The van der Waals surface area contributed by atoms with Crippen LogP contribution in [0, 0.1) is 18.2 Å². The number of hydrogen-bond donors (Lipinski definition) is 2. The Morgan fingerprint density at radius 3 is 2.88 bits per heavy atom. The number of aromatic nitrogens is 1. The molecule has 2 N–H and O–H groups in total. The first-order valence-corrected chi connectivity index (χ1v) is 9.05. The Kier molecular flexibility index (Phi) is 5.25. The molecule has 0 saturated carbocycles. The van der Waals surface area contributed by atoms with E-state index in [-0.39, 0.29) is 12.5 Å². The van der Waals surface area contributed by atoms with Crippen molar-refractivity contribution in [2.45, 2.75) is 39.2 Å². The zero-order valence-corrected chi connectivity index (χ0v) is 15.2. The van der Waals surface area contributed by atoms with E-state index >= 15 is 0 Å². The predicted octanol–water partition coefficient (Wildman–Crippen LogP) is 2.67. The third-order valence-corrected chi connectivity index (χ3v) is 5.37. The minimum absolute atomic E-state index is 0.160. The molecule has 1 saturated heterocycles. The van der Waals surface area contributed by atoms with E-state index in [0.29, 0.717) is 48.1 Å². The first kappa shape index (κ1) is 18.7. The summed E-state index contributed by atoms with van der Waals surface area (Å²) in [6, 6.07) is 5.95. The van der Waals surface area contributed by atoms with E-state index in [1.807, 2.05) is 6.92 Å². The van der Waals surface area contributed by atoms with E-state index in [2.05, 4.69) is 4.98 Å². The quantitative estimate of drug-likeness (QED) is 0.879. The monoisotopic (exact) mass is 360 g/mol. The Morgan fingerprint density at radius 1 is 1.42 bits per heavy atom. The molecule has 2 heterocycles. The molecule has 1 amide bonds. The number of halogens is 1. The number of aliphatic hydroxyl groups is 2. The summed E-state index contributed by atoms with van der Waals surface area (Å²) in [7, 11) is 0. The first-order valence-electron chi connectivity index (χ1n) is 9.05. The molecule has 0 unspecified atom stereocenters. The molecular formula is C20H25FN2O3. The molecule has 26 heavy (non-hydrogen) atoms. The van der Waals surface area contributed by atoms with Gasteiger partial charge in [0.1, 0.15) is 5.82 Å². The minimum atomic E-state index is -0.688. The number of aryl methyl sites for hydroxylation is 1. The second-order valence-electron chi connectivity index (χ2n) is 7.27. The van der Waals surface area contributed by atoms with Crippen molar-refractivity contribution in [2.75, 3.05) is 19.7 Å². The Bertz CT molecular complexity index is 821. The Hall–Kier alpha value is -2.05. The van der Waals surface area contributed by atoms with Crippen LogP contribution < -0.4 is 0 Å². The molecule has 1 aromatic heterocycles. The molecule has 140 valence electrons. The van der Waals surface area contributed by atoms with Crippen molar-refractivity contribution < 1.29 is 19.4 Å². The molecule has 3 rings (SSSR count). The number of piperidine rings is 1. The summed E-state index contributed by atoms with van der Waals surface area (Å²) in [5, 5.41) is 20.9. The van der Waals surface area contributed by atoms with Gasteiger partial charge >= 0.3 is 0 Å². The largest absolute Gasteiger partial charge is 0.396 e. The summed E-state index contributed by atoms with van der Waals surface area (Å²) in [4.78, 5) is 19.2. The van der Waals surface area contributed by atoms with Crippen molar-refractivity contribution in [2.24, 2.45) is 5.41 Å². The summed E-state index contributed by atoms with van der Waals surface area (Å²) >= 11 is 0. The van der Waals surface area contributed by atoms with Crippen LogP contribution in [0.3, 0.4) is 0 Å². The lowest BCUT2D eigenvalue weighted by molar-refractivity contribution is -0.0719. The van der Waals surface area contributed by atoms with Crippen molar-refractivity contribution in [3.63, 3.8) is 0 Å². The van der Waals surface area contributed by atoms with Gasteiger partial charge in [0.25, 0.3) is 5.91 Å². The molecule has 0 spiro atoms. The molecule has 1 aromatic carbocycles. The Balaban J connectivity index is 1.98. The smallest absolute Gasteiger partial charge is 0.254 e. The zero-order chi connectivity index (χ0) is 18.9. The van der Waals surface area contributed by atoms with E-state index in [0.717, 1.165) is 6.42 Å². The third-order valence-electron chi connectivity index (χ3n) is 5.37. The molecule has 1 fully saturated rings. The summed E-state index contributed by atoms with van der Waals surface area (Å²) in [5.74, 6) is -0.565. The molecule has 0 bridgehead atoms. The van der Waals surface area contributed by atoms with Crippen LogP contribution in [0.15, 0.2) is 24.3 Å². The van der Waals surface area contributed by atoms with Crippen LogP contribution in [0.4, 0.5) is 4.39 Å². The van der Waals surface area contributed by atoms with Gasteiger partial charge in [0.05, 0.1) is 23.8 Å². The van der Waals surface area contributed by atoms with Gasteiger partial charge in [-0.1, -0.05) is 13.3 Å². The highest BCUT2D eigenvalue weighted by atomic mass is 19.1. The van der Waals surface area contributed by atoms with Gasteiger partial charge in [0.15, 0.2) is 0 Å². The van der Waals surface area contributed by atoms with E-state index in [1.165, 1.54) is 12.1 Å². The van der Waals surface area contributed by atoms with Gasteiger partial charge in [-0.25, -0.2) is 4.39 Å². The van der Waals surface area contributed by atoms with E-state index in [4.69, 9.17) is 0 Å². The SMILES string of the molecule is CCC[C@@]1(CO)CN(C(=O)c2cc(C)nc3cc(F)ccc23)CC[C@H]1O. The number of hydrogen-bond acceptors (Lipinski definition) is 4. The predicted molar refractivity (Wildman–Crippen MR) is 97.4 cm³/mol. The number of nitrogens with zero attached hydrogens (tertiary/aromatic N) is 2. The molecule has 2 aromatic rings. The summed E-state index contributed by atoms with van der Waals surface area (Å²) in [5.41, 5.74) is 0.886. The maximum absolute atomic E-state index is 13.5. The van der Waals surface area contributed by atoms with Crippen molar-refractivity contribution in [1.29, 1.82) is 0 Å². The Labute approximate surface area is 152 Å². The number of likely N-dealkylation sites (tertiary alicyclic amines) is 1. The molecule has 6 heteroatoms. The fourth-order valence-electron chi connectivity index (χ4n) is 3.98. The van der Waals surface area contributed by atoms with Gasteiger partial charge in [-0.3, -0.25) is 9.78 Å². The fraction of sp³-hybridized carbons (Fsp3) is 0.500. The van der Waals surface area contributed by atoms with Gasteiger partial charge in [-0.15, -0.1) is 0 Å². The molecular weight excluding hydrogens is 335 g/mol. The molecule has 2 atom stereocenters. The van der Waals surface area contributed by atoms with Gasteiger partial charge < -0.3 is 15.1 Å². The summed E-state index contributed by atoms with van der Waals surface area (Å²) in [6.07, 6.45) is 1.27. The highest BCUT2D eigenvalue weighted by Gasteiger charge is 2.43. The summed E-state index contributed by atoms with van der Waals surface area (Å²) < 4.78 is 13.5. The standard InChI is InChI=1S/C20H25FN2O3/c1-3-7-20(12-24)11-23(8-6-18(20)25)19(26)16-9-13(2)22-17-10-14(21)4-5-15(16)17/h4-5,9-10,18,24-25H,3,6-8,11-12H2,1-2H3/t18-,20+/m1/s1. The zero-order valence-electron chi connectivity index (χ0n) is 15.2. The number of amides is 1. The number of pyridine rings is 1. The molecule has 1 aliphatic heterocycles. The lowest BCUT2D eigenvalue weighted by Gasteiger charge is -2.45. The molecule has 5 nitrogen and oxygen atoms in total. The van der Waals surface area contributed by atoms with E-state index in [9.17, 15) is 19.4 Å². The number of aliphatic hydroxyl groups excluding tert-OH is 2. The minimum Gasteiger partial charge on any atom is -0.396 e. The maximum Gasteiger partial charge on any atom is 0.254 e. The maximum atomic E-state index is 13.5. The number of benzene rings is 1. The van der Waals surface area contributed by atoms with Crippen LogP contribution in [-0.4, -0.2) is 51.8 Å². The molecule has 0 aliphatic carbocycles. The van der Waals surface area contributed by atoms with Gasteiger partial charge in [0.2, 0.25) is 0 Å². The normalized spacial score (nSPS) is 23.4. The number of carbonyl (C=O) groups excluding carboxylic acids is 1. The Morgan fingerprint density at radius 2 is 2.19 bits per heavy atom. The second kappa shape index (κ2) is 7.29. The van der Waals surface area contributed by atoms with Gasteiger partial charge in [0, 0.05) is 35.7 Å². The first-order chi connectivity index (χ1) is 12.4. The topological polar surface area (TPSA) is 73.7 Å². The second-order valence-corrected chi connectivity index (χ2v) is 7.27. The fourth-order valence-corrected chi connectivity index (χ4v) is 3.98. The highest BCUT2D eigenvalue weighted by molar-refractivity contribution is 6.06. The van der Waals surface area contributed by atoms with Crippen LogP contribution >= 0.6 is 0 Å². The summed E-state index contributed by atoms with van der Waals surface area (Å²) in [6.45, 7) is 4.35. The van der Waals surface area contributed by atoms with Gasteiger partial charge in [-0.2, -0.15) is 0 Å². The number of carbonyl (C=O) groups is 1. The highest BCUT2D eigenvalue weighted by Crippen LogP contribution is 2.35. The van der Waals surface area contributed by atoms with Crippen LogP contribution in [-0.2, 0) is 0 Å². The van der Waals surface area contributed by atoms with Crippen LogP contribution in [0.5, 0.6) is 0 Å². The van der Waals surface area contributed by atoms with Crippen molar-refractivity contribution in [3.05, 3.63) is 41.3 Å².